The number of benzene rings is 1. The summed E-state index contributed by atoms with van der Waals surface area (Å²) in [6.07, 6.45) is 3.45. The Balaban J connectivity index is 1.94. The van der Waals surface area contributed by atoms with Crippen LogP contribution in [0, 0.1) is 0 Å². The maximum atomic E-state index is 11.2. The molecule has 94 valence electrons. The molecule has 0 saturated heterocycles. The number of amides is 1. The Kier molecular flexibility index (Phi) is 4.02. The van der Waals surface area contributed by atoms with Gasteiger partial charge >= 0.3 is 0 Å². The number of hydrogen-bond acceptors (Lipinski definition) is 3. The zero-order chi connectivity index (χ0) is 13.0. The van der Waals surface area contributed by atoms with E-state index in [1.807, 2.05) is 30.3 Å². The van der Waals surface area contributed by atoms with Gasteiger partial charge < -0.3 is 10.7 Å². The van der Waals surface area contributed by atoms with Crippen molar-refractivity contribution < 1.29 is 4.79 Å². The summed E-state index contributed by atoms with van der Waals surface area (Å²) >= 11 is 5.90. The van der Waals surface area contributed by atoms with Gasteiger partial charge in [-0.1, -0.05) is 41.9 Å². The zero-order valence-electron chi connectivity index (χ0n) is 9.77. The van der Waals surface area contributed by atoms with Crippen LogP contribution < -0.4 is 11.2 Å². The number of nitrogens with zero attached hydrogens (tertiary/aromatic N) is 1. The third-order valence-electron chi connectivity index (χ3n) is 2.64. The number of halogens is 1. The molecule has 18 heavy (non-hydrogen) atoms. The molecule has 5 heteroatoms. The van der Waals surface area contributed by atoms with Gasteiger partial charge in [-0.15, -0.1) is 0 Å². The van der Waals surface area contributed by atoms with E-state index >= 15 is 0 Å². The number of allylic oxidation sites excluding steroid dienone is 2. The van der Waals surface area contributed by atoms with Crippen molar-refractivity contribution in [2.75, 3.05) is 6.54 Å². The Morgan fingerprint density at radius 1 is 1.39 bits per heavy atom. The minimum Gasteiger partial charge on any atom is -0.366 e. The van der Waals surface area contributed by atoms with E-state index in [-0.39, 0.29) is 0 Å². The van der Waals surface area contributed by atoms with Crippen molar-refractivity contribution in [3.05, 3.63) is 58.8 Å². The fourth-order valence-electron chi connectivity index (χ4n) is 1.65. The molecule has 1 heterocycles. The Hall–Kier alpha value is -1.78. The van der Waals surface area contributed by atoms with Crippen molar-refractivity contribution in [1.29, 1.82) is 0 Å². The van der Waals surface area contributed by atoms with Crippen LogP contribution >= 0.6 is 11.6 Å². The minimum atomic E-state index is -0.490. The third-order valence-corrected chi connectivity index (χ3v) is 3.00. The second-order valence-corrected chi connectivity index (χ2v) is 4.36. The van der Waals surface area contributed by atoms with Crippen LogP contribution in [0.15, 0.2) is 53.2 Å². The smallest absolute Gasteiger partial charge is 0.248 e. The number of carbonyl (C=O) groups is 1. The molecule has 0 aliphatic carbocycles. The fraction of sp³-hybridized carbons (Fsp3) is 0.154. The van der Waals surface area contributed by atoms with Gasteiger partial charge in [-0.05, 0) is 11.6 Å². The van der Waals surface area contributed by atoms with Gasteiger partial charge in [-0.2, -0.15) is 0 Å². The van der Waals surface area contributed by atoms with Gasteiger partial charge in [0.15, 0.2) is 0 Å². The second-order valence-electron chi connectivity index (χ2n) is 3.95. The van der Waals surface area contributed by atoms with Crippen molar-refractivity contribution in [1.82, 2.24) is 10.4 Å². The van der Waals surface area contributed by atoms with Gasteiger partial charge in [0.25, 0.3) is 0 Å². The maximum Gasteiger partial charge on any atom is 0.248 e. The van der Waals surface area contributed by atoms with E-state index in [2.05, 4.69) is 5.43 Å². The summed E-state index contributed by atoms with van der Waals surface area (Å²) in [4.78, 5) is 11.2. The summed E-state index contributed by atoms with van der Waals surface area (Å²) in [5.41, 5.74) is 10.0. The number of rotatable bonds is 4. The molecular formula is C13H14ClN3O. The van der Waals surface area contributed by atoms with Crippen molar-refractivity contribution >= 4 is 17.5 Å². The number of primary amides is 1. The van der Waals surface area contributed by atoms with E-state index in [9.17, 15) is 4.79 Å². The van der Waals surface area contributed by atoms with Gasteiger partial charge in [0.1, 0.15) is 0 Å². The average Bonchev–Trinajstić information content (AvgIpc) is 2.38. The Morgan fingerprint density at radius 3 is 2.78 bits per heavy atom. The molecule has 0 bridgehead atoms. The molecule has 1 aliphatic heterocycles. The molecule has 0 aromatic heterocycles. The highest BCUT2D eigenvalue weighted by Crippen LogP contribution is 2.17. The standard InChI is InChI=1S/C13H14ClN3O/c14-12-6-7-17(9-11(12)13(15)18)16-8-10-4-2-1-3-5-10/h1-7,16H,8-9H2,(H2,15,18). The lowest BCUT2D eigenvalue weighted by Gasteiger charge is -2.25. The van der Waals surface area contributed by atoms with E-state index in [0.29, 0.717) is 23.7 Å². The number of nitrogens with one attached hydrogen (secondary N) is 1. The molecule has 1 aromatic rings. The molecule has 0 fully saturated rings. The van der Waals surface area contributed by atoms with Crippen LogP contribution in [0.25, 0.3) is 0 Å². The van der Waals surface area contributed by atoms with E-state index < -0.39 is 5.91 Å². The highest BCUT2D eigenvalue weighted by molar-refractivity contribution is 6.33. The van der Waals surface area contributed by atoms with Gasteiger partial charge in [0.05, 0.1) is 17.2 Å². The van der Waals surface area contributed by atoms with E-state index in [1.165, 1.54) is 0 Å². The summed E-state index contributed by atoms with van der Waals surface area (Å²) in [6, 6.07) is 9.98. The molecule has 1 aliphatic rings. The Labute approximate surface area is 111 Å². The molecular weight excluding hydrogens is 250 g/mol. The first kappa shape index (κ1) is 12.7. The lowest BCUT2D eigenvalue weighted by atomic mass is 10.2. The normalized spacial score (nSPS) is 15.1. The van der Waals surface area contributed by atoms with Crippen LogP contribution in [-0.4, -0.2) is 17.5 Å². The van der Waals surface area contributed by atoms with E-state index in [4.69, 9.17) is 17.3 Å². The molecule has 0 saturated carbocycles. The molecule has 0 atom stereocenters. The van der Waals surface area contributed by atoms with Crippen molar-refractivity contribution in [3.63, 3.8) is 0 Å². The molecule has 3 N–H and O–H groups in total. The van der Waals surface area contributed by atoms with Crippen LogP contribution in [0.4, 0.5) is 0 Å². The molecule has 0 radical (unpaired) electrons. The molecule has 0 unspecified atom stereocenters. The van der Waals surface area contributed by atoms with Crippen molar-refractivity contribution in [2.24, 2.45) is 5.73 Å². The monoisotopic (exact) mass is 263 g/mol. The average molecular weight is 264 g/mol. The Morgan fingerprint density at radius 2 is 2.11 bits per heavy atom. The number of carbonyl (C=O) groups excluding carboxylic acids is 1. The Bertz CT molecular complexity index is 496. The van der Waals surface area contributed by atoms with E-state index in [0.717, 1.165) is 5.56 Å². The van der Waals surface area contributed by atoms with Crippen LogP contribution in [0.3, 0.4) is 0 Å². The summed E-state index contributed by atoms with van der Waals surface area (Å²) in [5, 5.41) is 2.19. The van der Waals surface area contributed by atoms with Crippen molar-refractivity contribution in [3.8, 4) is 0 Å². The third kappa shape index (κ3) is 3.12. The maximum absolute atomic E-state index is 11.2. The quantitative estimate of drug-likeness (QED) is 0.866. The van der Waals surface area contributed by atoms with Gasteiger partial charge in [-0.3, -0.25) is 4.79 Å². The SMILES string of the molecule is NC(=O)C1=C(Cl)C=CN(NCc2ccccc2)C1. The van der Waals surface area contributed by atoms with Crippen LogP contribution in [0.2, 0.25) is 0 Å². The molecule has 1 amide bonds. The molecule has 0 spiro atoms. The first-order chi connectivity index (χ1) is 8.66. The van der Waals surface area contributed by atoms with Gasteiger partial charge in [0, 0.05) is 12.7 Å². The summed E-state index contributed by atoms with van der Waals surface area (Å²) in [7, 11) is 0. The number of hydrogen-bond donors (Lipinski definition) is 2. The van der Waals surface area contributed by atoms with Crippen LogP contribution in [0.1, 0.15) is 5.56 Å². The fourth-order valence-corrected chi connectivity index (χ4v) is 1.86. The second kappa shape index (κ2) is 5.71. The van der Waals surface area contributed by atoms with E-state index in [1.54, 1.807) is 17.3 Å². The van der Waals surface area contributed by atoms with Crippen LogP contribution in [0.5, 0.6) is 0 Å². The highest BCUT2D eigenvalue weighted by Gasteiger charge is 2.16. The van der Waals surface area contributed by atoms with Crippen LogP contribution in [-0.2, 0) is 11.3 Å². The zero-order valence-corrected chi connectivity index (χ0v) is 10.5. The summed E-state index contributed by atoms with van der Waals surface area (Å²) < 4.78 is 0. The minimum absolute atomic E-state index is 0.373. The predicted octanol–water partition coefficient (Wildman–Crippen LogP) is 1.50. The summed E-state index contributed by atoms with van der Waals surface area (Å²) in [6.45, 7) is 1.05. The largest absolute Gasteiger partial charge is 0.366 e. The van der Waals surface area contributed by atoms with Gasteiger partial charge in [0.2, 0.25) is 5.91 Å². The lowest BCUT2D eigenvalue weighted by molar-refractivity contribution is -0.114. The predicted molar refractivity (Wildman–Crippen MR) is 71.2 cm³/mol. The van der Waals surface area contributed by atoms with Gasteiger partial charge in [-0.25, -0.2) is 5.43 Å². The number of nitrogens with two attached hydrogens (primary N) is 1. The molecule has 2 rings (SSSR count). The first-order valence-corrected chi connectivity index (χ1v) is 5.95. The number of hydrazine groups is 1. The molecule has 1 aromatic carbocycles. The first-order valence-electron chi connectivity index (χ1n) is 5.57. The van der Waals surface area contributed by atoms with Crippen molar-refractivity contribution in [2.45, 2.75) is 6.54 Å². The lowest BCUT2D eigenvalue weighted by Crippen LogP contribution is -2.38. The molecule has 4 nitrogen and oxygen atoms in total. The highest BCUT2D eigenvalue weighted by atomic mass is 35.5. The summed E-state index contributed by atoms with van der Waals surface area (Å²) in [5.74, 6) is -0.490. The topological polar surface area (TPSA) is 58.4 Å².